The minimum absolute atomic E-state index is 0.00309. The Morgan fingerprint density at radius 3 is 2.35 bits per heavy atom. The van der Waals surface area contributed by atoms with Gasteiger partial charge < -0.3 is 15.7 Å². The second kappa shape index (κ2) is 9.54. The van der Waals surface area contributed by atoms with E-state index in [1.54, 1.807) is 6.92 Å². The van der Waals surface area contributed by atoms with Crippen LogP contribution in [0, 0.1) is 5.92 Å². The fourth-order valence-corrected chi connectivity index (χ4v) is 2.45. The van der Waals surface area contributed by atoms with Crippen LogP contribution in [0.2, 0.25) is 0 Å². The van der Waals surface area contributed by atoms with Crippen LogP contribution in [0.4, 0.5) is 4.79 Å². The van der Waals surface area contributed by atoms with Crippen LogP contribution in [0.1, 0.15) is 26.7 Å². The Hall–Kier alpha value is -1.35. The van der Waals surface area contributed by atoms with Gasteiger partial charge in [0.25, 0.3) is 0 Å². The normalized spacial score (nSPS) is 12.7. The summed E-state index contributed by atoms with van der Waals surface area (Å²) in [5, 5.41) is 13.6. The quantitative estimate of drug-likeness (QED) is 0.442. The van der Waals surface area contributed by atoms with Crippen molar-refractivity contribution in [1.82, 2.24) is 15.4 Å². The van der Waals surface area contributed by atoms with Crippen LogP contribution in [0.3, 0.4) is 0 Å². The summed E-state index contributed by atoms with van der Waals surface area (Å²) in [6.45, 7) is 4.06. The number of amides is 2. The number of nitrogens with one attached hydrogen (secondary N) is 3. The molecule has 1 atom stereocenters. The number of urea groups is 1. The predicted molar refractivity (Wildman–Crippen MR) is 74.9 cm³/mol. The third-order valence-electron chi connectivity index (χ3n) is 2.61. The van der Waals surface area contributed by atoms with E-state index in [0.29, 0.717) is 13.0 Å². The summed E-state index contributed by atoms with van der Waals surface area (Å²) in [5.41, 5.74) is 0. The molecule has 0 saturated carbocycles. The first-order chi connectivity index (χ1) is 9.30. The van der Waals surface area contributed by atoms with E-state index in [9.17, 15) is 18.0 Å². The first-order valence-corrected chi connectivity index (χ1v) is 8.16. The molecule has 0 bridgehead atoms. The van der Waals surface area contributed by atoms with Gasteiger partial charge in [0.1, 0.15) is 0 Å². The van der Waals surface area contributed by atoms with Gasteiger partial charge in [0.2, 0.25) is 10.0 Å². The van der Waals surface area contributed by atoms with Gasteiger partial charge in [0.05, 0.1) is 5.75 Å². The van der Waals surface area contributed by atoms with Crippen molar-refractivity contribution in [1.29, 1.82) is 0 Å². The average Bonchev–Trinajstić information content (AvgIpc) is 2.33. The fourth-order valence-electron chi connectivity index (χ4n) is 1.50. The Kier molecular flexibility index (Phi) is 8.89. The van der Waals surface area contributed by atoms with Crippen molar-refractivity contribution in [3.05, 3.63) is 0 Å². The SMILES string of the molecule is CCNS(=O)(=O)CCNC(=O)NCC(CC)CC(=O)O. The lowest BCUT2D eigenvalue weighted by Gasteiger charge is -2.14. The minimum atomic E-state index is -3.35. The summed E-state index contributed by atoms with van der Waals surface area (Å²) >= 11 is 0. The molecule has 0 aliphatic heterocycles. The summed E-state index contributed by atoms with van der Waals surface area (Å²) in [6.07, 6.45) is 0.632. The van der Waals surface area contributed by atoms with Crippen LogP contribution >= 0.6 is 0 Å². The molecule has 0 aliphatic carbocycles. The topological polar surface area (TPSA) is 125 Å². The monoisotopic (exact) mass is 309 g/mol. The smallest absolute Gasteiger partial charge is 0.314 e. The Morgan fingerprint density at radius 2 is 1.85 bits per heavy atom. The molecule has 0 aromatic heterocycles. The lowest BCUT2D eigenvalue weighted by molar-refractivity contribution is -0.138. The zero-order chi connectivity index (χ0) is 15.6. The number of carboxylic acid groups (broad SMARTS) is 1. The molecule has 0 aromatic rings. The molecule has 0 aromatic carbocycles. The molecule has 0 fully saturated rings. The van der Waals surface area contributed by atoms with Crippen molar-refractivity contribution in [3.8, 4) is 0 Å². The van der Waals surface area contributed by atoms with Gasteiger partial charge >= 0.3 is 12.0 Å². The molecule has 20 heavy (non-hydrogen) atoms. The third kappa shape index (κ3) is 9.56. The number of hydrogen-bond acceptors (Lipinski definition) is 4. The highest BCUT2D eigenvalue weighted by atomic mass is 32.2. The summed E-state index contributed by atoms with van der Waals surface area (Å²) < 4.78 is 24.9. The Morgan fingerprint density at radius 1 is 1.20 bits per heavy atom. The van der Waals surface area contributed by atoms with Crippen LogP contribution in [0.15, 0.2) is 0 Å². The van der Waals surface area contributed by atoms with E-state index in [-0.39, 0.29) is 31.2 Å². The number of carbonyl (C=O) groups excluding carboxylic acids is 1. The molecule has 2 amide bonds. The molecule has 0 rings (SSSR count). The van der Waals surface area contributed by atoms with Crippen molar-refractivity contribution < 1.29 is 23.1 Å². The molecule has 9 heteroatoms. The van der Waals surface area contributed by atoms with Crippen LogP contribution < -0.4 is 15.4 Å². The maximum absolute atomic E-state index is 11.4. The summed E-state index contributed by atoms with van der Waals surface area (Å²) in [4.78, 5) is 22.0. The van der Waals surface area contributed by atoms with Crippen molar-refractivity contribution >= 4 is 22.0 Å². The highest BCUT2D eigenvalue weighted by Crippen LogP contribution is 2.06. The van der Waals surface area contributed by atoms with Crippen LogP contribution in [-0.2, 0) is 14.8 Å². The Balaban J connectivity index is 3.91. The molecule has 8 nitrogen and oxygen atoms in total. The van der Waals surface area contributed by atoms with Crippen molar-refractivity contribution in [2.75, 3.05) is 25.4 Å². The zero-order valence-electron chi connectivity index (χ0n) is 11.8. The van der Waals surface area contributed by atoms with Gasteiger partial charge in [0, 0.05) is 26.1 Å². The van der Waals surface area contributed by atoms with Crippen LogP contribution in [-0.4, -0.2) is 50.9 Å². The number of carboxylic acids is 1. The van der Waals surface area contributed by atoms with E-state index in [0.717, 1.165) is 0 Å². The number of carbonyl (C=O) groups is 2. The van der Waals surface area contributed by atoms with Crippen LogP contribution in [0.5, 0.6) is 0 Å². The molecule has 1 unspecified atom stereocenters. The van der Waals surface area contributed by atoms with Gasteiger partial charge in [-0.1, -0.05) is 20.3 Å². The maximum atomic E-state index is 11.4. The van der Waals surface area contributed by atoms with Gasteiger partial charge in [0.15, 0.2) is 0 Å². The van der Waals surface area contributed by atoms with E-state index in [1.165, 1.54) is 0 Å². The zero-order valence-corrected chi connectivity index (χ0v) is 12.6. The second-order valence-corrected chi connectivity index (χ2v) is 6.25. The summed E-state index contributed by atoms with van der Waals surface area (Å²) in [5.74, 6) is -1.24. The molecule has 0 spiro atoms. The first-order valence-electron chi connectivity index (χ1n) is 6.51. The highest BCUT2D eigenvalue weighted by molar-refractivity contribution is 7.89. The number of hydrogen-bond donors (Lipinski definition) is 4. The summed E-state index contributed by atoms with van der Waals surface area (Å²) in [6, 6.07) is -0.500. The fraction of sp³-hybridized carbons (Fsp3) is 0.818. The molecule has 0 radical (unpaired) electrons. The van der Waals surface area contributed by atoms with Crippen LogP contribution in [0.25, 0.3) is 0 Å². The second-order valence-electron chi connectivity index (χ2n) is 4.33. The maximum Gasteiger partial charge on any atom is 0.314 e. The lowest BCUT2D eigenvalue weighted by atomic mass is 10.0. The number of sulfonamides is 1. The largest absolute Gasteiger partial charge is 0.481 e. The van der Waals surface area contributed by atoms with E-state index in [2.05, 4.69) is 15.4 Å². The molecule has 0 aliphatic rings. The summed E-state index contributed by atoms with van der Waals surface area (Å²) in [7, 11) is -3.35. The Bertz CT molecular complexity index is 410. The van der Waals surface area contributed by atoms with Gasteiger partial charge in [-0.15, -0.1) is 0 Å². The first kappa shape index (κ1) is 18.7. The third-order valence-corrected chi connectivity index (χ3v) is 4.08. The van der Waals surface area contributed by atoms with Gasteiger partial charge in [-0.3, -0.25) is 4.79 Å². The van der Waals surface area contributed by atoms with Gasteiger partial charge in [-0.25, -0.2) is 17.9 Å². The van der Waals surface area contributed by atoms with Crippen molar-refractivity contribution in [2.24, 2.45) is 5.92 Å². The van der Waals surface area contributed by atoms with E-state index < -0.39 is 22.0 Å². The van der Waals surface area contributed by atoms with E-state index in [1.807, 2.05) is 6.92 Å². The molecular formula is C11H23N3O5S. The molecule has 118 valence electrons. The molecule has 0 heterocycles. The standard InChI is InChI=1S/C11H23N3O5S/c1-3-9(7-10(15)16)8-13-11(17)12-5-6-20(18,19)14-4-2/h9,14H,3-8H2,1-2H3,(H,15,16)(H2,12,13,17). The van der Waals surface area contributed by atoms with Gasteiger partial charge in [-0.2, -0.15) is 0 Å². The van der Waals surface area contributed by atoms with E-state index in [4.69, 9.17) is 5.11 Å². The van der Waals surface area contributed by atoms with Crippen molar-refractivity contribution in [2.45, 2.75) is 26.7 Å². The number of rotatable bonds is 10. The predicted octanol–water partition coefficient (Wildman–Crippen LogP) is -0.274. The average molecular weight is 309 g/mol. The molecule has 0 saturated heterocycles. The Labute approximate surface area is 119 Å². The number of aliphatic carboxylic acids is 1. The van der Waals surface area contributed by atoms with Gasteiger partial charge in [-0.05, 0) is 5.92 Å². The molecular weight excluding hydrogens is 286 g/mol. The van der Waals surface area contributed by atoms with E-state index >= 15 is 0 Å². The molecule has 4 N–H and O–H groups in total. The minimum Gasteiger partial charge on any atom is -0.481 e. The highest BCUT2D eigenvalue weighted by Gasteiger charge is 2.13. The van der Waals surface area contributed by atoms with Crippen molar-refractivity contribution in [3.63, 3.8) is 0 Å². The lowest BCUT2D eigenvalue weighted by Crippen LogP contribution is -2.41.